The van der Waals surface area contributed by atoms with Gasteiger partial charge < -0.3 is 19.5 Å². The van der Waals surface area contributed by atoms with E-state index in [1.807, 2.05) is 54.6 Å². The van der Waals surface area contributed by atoms with Crippen LogP contribution in [-0.4, -0.2) is 67.8 Å². The number of carbonyl (C=O) groups excluding carboxylic acids is 2. The Hall–Kier alpha value is -3.69. The number of ether oxygens (including phenoxy) is 1. The number of para-hydroxylation sites is 1. The molecule has 0 aliphatic carbocycles. The van der Waals surface area contributed by atoms with Crippen molar-refractivity contribution < 1.29 is 14.3 Å². The number of H-pyrrole nitrogens is 1. The lowest BCUT2D eigenvalue weighted by atomic mass is 10.1. The molecule has 9 nitrogen and oxygen atoms in total. The van der Waals surface area contributed by atoms with Crippen LogP contribution in [0.5, 0.6) is 0 Å². The van der Waals surface area contributed by atoms with Gasteiger partial charge in [-0.25, -0.2) is 4.68 Å². The molecule has 4 aromatic rings. The fourth-order valence-corrected chi connectivity index (χ4v) is 4.80. The van der Waals surface area contributed by atoms with E-state index in [0.717, 1.165) is 16.5 Å². The molecule has 10 heteroatoms. The van der Waals surface area contributed by atoms with Crippen molar-refractivity contribution in [3.05, 3.63) is 82.3 Å². The summed E-state index contributed by atoms with van der Waals surface area (Å²) in [7, 11) is 0. The number of aromatic nitrogens is 4. The lowest BCUT2D eigenvalue weighted by molar-refractivity contribution is -0.00202. The van der Waals surface area contributed by atoms with Crippen molar-refractivity contribution in [2.75, 3.05) is 26.2 Å². The molecule has 0 radical (unpaired) electrons. The van der Waals surface area contributed by atoms with Crippen molar-refractivity contribution >= 4 is 34.3 Å². The highest BCUT2D eigenvalue weighted by Gasteiger charge is 2.32. The summed E-state index contributed by atoms with van der Waals surface area (Å²) in [4.78, 5) is 32.9. The van der Waals surface area contributed by atoms with Gasteiger partial charge in [0.2, 0.25) is 0 Å². The quantitative estimate of drug-likeness (QED) is 0.475. The molecular weight excluding hydrogens is 468 g/mol. The largest absolute Gasteiger partial charge is 0.365 e. The molecule has 2 aromatic heterocycles. The fourth-order valence-electron chi connectivity index (χ4n) is 4.68. The monoisotopic (exact) mass is 490 g/mol. The maximum Gasteiger partial charge on any atom is 0.276 e. The summed E-state index contributed by atoms with van der Waals surface area (Å²) in [6, 6.07) is 17.2. The molecule has 0 spiro atoms. The average Bonchev–Trinajstić information content (AvgIpc) is 3.52. The van der Waals surface area contributed by atoms with Gasteiger partial charge in [0.25, 0.3) is 11.8 Å². The van der Waals surface area contributed by atoms with Gasteiger partial charge in [-0.05, 0) is 29.8 Å². The maximum atomic E-state index is 13.2. The number of fused-ring (bicyclic) bond motifs is 2. The first-order valence-electron chi connectivity index (χ1n) is 11.5. The number of hydrogen-bond donors (Lipinski definition) is 1. The van der Waals surface area contributed by atoms with Crippen LogP contribution in [0.25, 0.3) is 10.9 Å². The Morgan fingerprint density at radius 1 is 0.971 bits per heavy atom. The summed E-state index contributed by atoms with van der Waals surface area (Å²) >= 11 is 5.98. The second-order valence-corrected chi connectivity index (χ2v) is 9.21. The Bertz CT molecular complexity index is 1370. The van der Waals surface area contributed by atoms with Crippen molar-refractivity contribution in [2.24, 2.45) is 0 Å². The standard InChI is InChI=1S/C25H23ClN6O3/c26-18-7-5-16(6-8-18)22-14-32-21(15-35-22)23(28-29-32)25(34)31-11-9-30(10-12-31)24(33)20-13-17-3-1-2-4-19(17)27-20/h1-8,13,22,27H,9-12,14-15H2/t22-/m0/s1. The number of halogens is 1. The van der Waals surface area contributed by atoms with Gasteiger partial charge in [-0.1, -0.05) is 47.1 Å². The molecular formula is C25H23ClN6O3. The molecule has 2 aliphatic rings. The highest BCUT2D eigenvalue weighted by atomic mass is 35.5. The third kappa shape index (κ3) is 4.06. The number of hydrogen-bond acceptors (Lipinski definition) is 5. The third-order valence-corrected chi connectivity index (χ3v) is 6.91. The van der Waals surface area contributed by atoms with Crippen molar-refractivity contribution in [3.8, 4) is 0 Å². The van der Waals surface area contributed by atoms with E-state index in [1.165, 1.54) is 0 Å². The minimum absolute atomic E-state index is 0.0593. The predicted octanol–water partition coefficient (Wildman–Crippen LogP) is 3.28. The van der Waals surface area contributed by atoms with Gasteiger partial charge in [0.05, 0.1) is 18.8 Å². The van der Waals surface area contributed by atoms with E-state index < -0.39 is 0 Å². The molecule has 0 bridgehead atoms. The Balaban J connectivity index is 1.10. The van der Waals surface area contributed by atoms with Crippen LogP contribution in [0.1, 0.15) is 38.3 Å². The molecule has 2 amide bonds. The Morgan fingerprint density at radius 3 is 2.43 bits per heavy atom. The van der Waals surface area contributed by atoms with Crippen molar-refractivity contribution in [3.63, 3.8) is 0 Å². The summed E-state index contributed by atoms with van der Waals surface area (Å²) < 4.78 is 7.76. The molecule has 2 aromatic carbocycles. The molecule has 6 rings (SSSR count). The van der Waals surface area contributed by atoms with Gasteiger partial charge in [0, 0.05) is 42.1 Å². The molecule has 0 unspecified atom stereocenters. The third-order valence-electron chi connectivity index (χ3n) is 6.66. The van der Waals surface area contributed by atoms with E-state index in [-0.39, 0.29) is 24.5 Å². The zero-order valence-corrected chi connectivity index (χ0v) is 19.6. The number of carbonyl (C=O) groups is 2. The van der Waals surface area contributed by atoms with Crippen molar-refractivity contribution in [1.82, 2.24) is 29.8 Å². The Morgan fingerprint density at radius 2 is 1.69 bits per heavy atom. The molecule has 0 saturated carbocycles. The topological polar surface area (TPSA) is 96.4 Å². The van der Waals surface area contributed by atoms with Crippen LogP contribution < -0.4 is 0 Å². The van der Waals surface area contributed by atoms with Gasteiger partial charge in [0.15, 0.2) is 5.69 Å². The van der Waals surface area contributed by atoms with Crippen LogP contribution in [-0.2, 0) is 17.9 Å². The summed E-state index contributed by atoms with van der Waals surface area (Å²) in [5.74, 6) is -0.242. The number of aromatic amines is 1. The molecule has 1 N–H and O–H groups in total. The summed E-state index contributed by atoms with van der Waals surface area (Å²) in [5.41, 5.74) is 3.49. The smallest absolute Gasteiger partial charge is 0.276 e. The van der Waals surface area contributed by atoms with Crippen LogP contribution in [0.4, 0.5) is 0 Å². The van der Waals surface area contributed by atoms with E-state index in [4.69, 9.17) is 16.3 Å². The van der Waals surface area contributed by atoms with Crippen molar-refractivity contribution in [1.29, 1.82) is 0 Å². The number of nitrogens with one attached hydrogen (secondary N) is 1. The van der Waals surface area contributed by atoms with Gasteiger partial charge in [-0.3, -0.25) is 9.59 Å². The number of rotatable bonds is 3. The lowest BCUT2D eigenvalue weighted by Crippen LogP contribution is -2.51. The molecule has 2 aliphatic heterocycles. The SMILES string of the molecule is O=C(c1cc2ccccc2[nH]1)N1CCN(C(=O)c2nnn3c2CO[C@H](c2ccc(Cl)cc2)C3)CC1. The number of amides is 2. The first-order valence-corrected chi connectivity index (χ1v) is 11.9. The van der Waals surface area contributed by atoms with Crippen LogP contribution in [0, 0.1) is 0 Å². The molecule has 1 atom stereocenters. The van der Waals surface area contributed by atoms with E-state index in [0.29, 0.717) is 54.8 Å². The van der Waals surface area contributed by atoms with Crippen LogP contribution in [0.3, 0.4) is 0 Å². The summed E-state index contributed by atoms with van der Waals surface area (Å²) in [6.07, 6.45) is -0.177. The van der Waals surface area contributed by atoms with E-state index >= 15 is 0 Å². The molecule has 4 heterocycles. The second kappa shape index (κ2) is 8.83. The number of benzene rings is 2. The highest BCUT2D eigenvalue weighted by molar-refractivity contribution is 6.30. The van der Waals surface area contributed by atoms with Crippen LogP contribution >= 0.6 is 11.6 Å². The van der Waals surface area contributed by atoms with E-state index in [2.05, 4.69) is 15.3 Å². The number of nitrogens with zero attached hydrogens (tertiary/aromatic N) is 5. The minimum atomic E-state index is -0.183. The van der Waals surface area contributed by atoms with Gasteiger partial charge in [-0.15, -0.1) is 5.10 Å². The average molecular weight is 491 g/mol. The molecule has 35 heavy (non-hydrogen) atoms. The highest BCUT2D eigenvalue weighted by Crippen LogP contribution is 2.28. The minimum Gasteiger partial charge on any atom is -0.365 e. The molecule has 1 saturated heterocycles. The maximum absolute atomic E-state index is 13.2. The zero-order valence-electron chi connectivity index (χ0n) is 18.9. The van der Waals surface area contributed by atoms with Gasteiger partial charge in [-0.2, -0.15) is 0 Å². The van der Waals surface area contributed by atoms with Crippen LogP contribution in [0.15, 0.2) is 54.6 Å². The first-order chi connectivity index (χ1) is 17.1. The summed E-state index contributed by atoms with van der Waals surface area (Å²) in [5, 5.41) is 10.1. The van der Waals surface area contributed by atoms with Crippen molar-refractivity contribution in [2.45, 2.75) is 19.3 Å². The number of piperazine rings is 1. The van der Waals surface area contributed by atoms with E-state index in [9.17, 15) is 9.59 Å². The molecule has 1 fully saturated rings. The zero-order chi connectivity index (χ0) is 23.9. The predicted molar refractivity (Wildman–Crippen MR) is 129 cm³/mol. The van der Waals surface area contributed by atoms with Crippen LogP contribution in [0.2, 0.25) is 5.02 Å². The normalized spacial score (nSPS) is 18.0. The first kappa shape index (κ1) is 21.8. The summed E-state index contributed by atoms with van der Waals surface area (Å²) in [6.45, 7) is 2.51. The Kier molecular flexibility index (Phi) is 5.50. The molecule has 178 valence electrons. The Labute approximate surface area is 206 Å². The second-order valence-electron chi connectivity index (χ2n) is 8.77. The fraction of sp³-hybridized carbons (Fsp3) is 0.280. The lowest BCUT2D eigenvalue weighted by Gasteiger charge is -2.34. The van der Waals surface area contributed by atoms with E-state index in [1.54, 1.807) is 14.5 Å². The van der Waals surface area contributed by atoms with Gasteiger partial charge >= 0.3 is 0 Å². The van der Waals surface area contributed by atoms with Gasteiger partial charge in [0.1, 0.15) is 11.8 Å².